The van der Waals surface area contributed by atoms with Crippen molar-refractivity contribution >= 4 is 0 Å². The lowest BCUT2D eigenvalue weighted by atomic mass is 10.1. The highest BCUT2D eigenvalue weighted by Crippen LogP contribution is 2.17. The molecular weight excluding hydrogens is 256 g/mol. The van der Waals surface area contributed by atoms with Gasteiger partial charge in [0.25, 0.3) is 0 Å². The van der Waals surface area contributed by atoms with Crippen LogP contribution >= 0.6 is 0 Å². The molecule has 0 aliphatic rings. The van der Waals surface area contributed by atoms with Gasteiger partial charge in [-0.25, -0.2) is 0 Å². The summed E-state index contributed by atoms with van der Waals surface area (Å²) in [6.07, 6.45) is 11.2. The van der Waals surface area contributed by atoms with Gasteiger partial charge in [-0.1, -0.05) is 51.9 Å². The number of rotatable bonds is 14. The van der Waals surface area contributed by atoms with Crippen LogP contribution in [-0.2, 0) is 18.9 Å². The maximum Gasteiger partial charge on any atom is 0.320 e. The first-order valence-corrected chi connectivity index (χ1v) is 7.73. The summed E-state index contributed by atoms with van der Waals surface area (Å²) in [6, 6.07) is 0. The Morgan fingerprint density at radius 3 is 1.85 bits per heavy atom. The van der Waals surface area contributed by atoms with E-state index in [4.69, 9.17) is 18.9 Å². The van der Waals surface area contributed by atoms with Gasteiger partial charge in [0.05, 0.1) is 14.2 Å². The maximum atomic E-state index is 5.33. The minimum atomic E-state index is 0.174. The minimum absolute atomic E-state index is 0.174. The fraction of sp³-hybridized carbons (Fsp3) is 0.875. The third-order valence-electron chi connectivity index (χ3n) is 3.22. The zero-order valence-corrected chi connectivity index (χ0v) is 13.7. The van der Waals surface area contributed by atoms with Gasteiger partial charge >= 0.3 is 5.95 Å². The van der Waals surface area contributed by atoms with E-state index in [0.717, 1.165) is 18.6 Å². The number of hydrogen-bond donors (Lipinski definition) is 0. The van der Waals surface area contributed by atoms with Crippen LogP contribution in [0.15, 0.2) is 11.7 Å². The molecule has 0 aliphatic heterocycles. The number of allylic oxidation sites excluding steroid dienone is 1. The third kappa shape index (κ3) is 9.96. The van der Waals surface area contributed by atoms with E-state index in [1.54, 1.807) is 21.3 Å². The SMILES string of the molecule is CCCCCCCCCCC(OC)=C(OC)OCOC. The van der Waals surface area contributed by atoms with Gasteiger partial charge in [-0.15, -0.1) is 0 Å². The van der Waals surface area contributed by atoms with E-state index in [-0.39, 0.29) is 6.79 Å². The molecule has 0 aliphatic carbocycles. The van der Waals surface area contributed by atoms with Crippen LogP contribution in [0.3, 0.4) is 0 Å². The fourth-order valence-electron chi connectivity index (χ4n) is 2.07. The molecule has 0 heterocycles. The van der Waals surface area contributed by atoms with Crippen molar-refractivity contribution in [3.63, 3.8) is 0 Å². The lowest BCUT2D eigenvalue weighted by molar-refractivity contribution is -0.0570. The van der Waals surface area contributed by atoms with E-state index in [1.807, 2.05) is 0 Å². The van der Waals surface area contributed by atoms with E-state index < -0.39 is 0 Å². The normalized spacial score (nSPS) is 12.0. The Balaban J connectivity index is 3.79. The van der Waals surface area contributed by atoms with Crippen LogP contribution in [0.2, 0.25) is 0 Å². The van der Waals surface area contributed by atoms with Crippen molar-refractivity contribution in [2.45, 2.75) is 64.7 Å². The van der Waals surface area contributed by atoms with E-state index in [0.29, 0.717) is 5.95 Å². The predicted molar refractivity (Wildman–Crippen MR) is 81.2 cm³/mol. The van der Waals surface area contributed by atoms with E-state index in [2.05, 4.69) is 6.92 Å². The molecule has 0 aromatic heterocycles. The van der Waals surface area contributed by atoms with Gasteiger partial charge in [0, 0.05) is 13.5 Å². The molecule has 0 rings (SSSR count). The monoisotopic (exact) mass is 288 g/mol. The first kappa shape index (κ1) is 19.1. The second-order valence-corrected chi connectivity index (χ2v) is 4.89. The van der Waals surface area contributed by atoms with Crippen LogP contribution in [0.4, 0.5) is 0 Å². The summed E-state index contributed by atoms with van der Waals surface area (Å²) in [7, 11) is 4.81. The van der Waals surface area contributed by atoms with Crippen LogP contribution in [0.1, 0.15) is 64.7 Å². The molecule has 0 spiro atoms. The van der Waals surface area contributed by atoms with Gasteiger partial charge in [-0.05, 0) is 6.42 Å². The van der Waals surface area contributed by atoms with Crippen molar-refractivity contribution in [3.05, 3.63) is 11.7 Å². The Kier molecular flexibility index (Phi) is 13.9. The van der Waals surface area contributed by atoms with Crippen molar-refractivity contribution < 1.29 is 18.9 Å². The van der Waals surface area contributed by atoms with Crippen LogP contribution in [0, 0.1) is 0 Å². The molecule has 0 N–H and O–H groups in total. The number of ether oxygens (including phenoxy) is 4. The molecule has 0 aromatic rings. The van der Waals surface area contributed by atoms with E-state index in [9.17, 15) is 0 Å². The first-order chi connectivity index (χ1) is 9.79. The highest BCUT2D eigenvalue weighted by Gasteiger charge is 2.09. The van der Waals surface area contributed by atoms with Crippen molar-refractivity contribution in [3.8, 4) is 0 Å². The van der Waals surface area contributed by atoms with Gasteiger partial charge < -0.3 is 18.9 Å². The average Bonchev–Trinajstić information content (AvgIpc) is 2.48. The summed E-state index contributed by atoms with van der Waals surface area (Å²) in [6.45, 7) is 2.42. The lowest BCUT2D eigenvalue weighted by Gasteiger charge is -2.13. The van der Waals surface area contributed by atoms with Crippen molar-refractivity contribution in [1.29, 1.82) is 0 Å². The van der Waals surface area contributed by atoms with Gasteiger partial charge in [0.2, 0.25) is 0 Å². The van der Waals surface area contributed by atoms with Crippen molar-refractivity contribution in [2.24, 2.45) is 0 Å². The summed E-state index contributed by atoms with van der Waals surface area (Å²) in [5.41, 5.74) is 0. The minimum Gasteiger partial charge on any atom is -0.494 e. The summed E-state index contributed by atoms with van der Waals surface area (Å²) < 4.78 is 20.7. The maximum absolute atomic E-state index is 5.33. The molecule has 0 radical (unpaired) electrons. The summed E-state index contributed by atoms with van der Waals surface area (Å²) in [5.74, 6) is 1.19. The zero-order valence-electron chi connectivity index (χ0n) is 13.7. The summed E-state index contributed by atoms with van der Waals surface area (Å²) >= 11 is 0. The standard InChI is InChI=1S/C16H32O4/c1-5-6-7-8-9-10-11-12-13-15(18-3)16(19-4)20-14-17-2/h5-14H2,1-4H3. The number of unbranched alkanes of at least 4 members (excludes halogenated alkanes) is 7. The fourth-order valence-corrected chi connectivity index (χ4v) is 2.07. The Morgan fingerprint density at radius 2 is 1.35 bits per heavy atom. The van der Waals surface area contributed by atoms with Gasteiger partial charge in [0.1, 0.15) is 0 Å². The molecule has 4 heteroatoms. The molecule has 0 saturated heterocycles. The van der Waals surface area contributed by atoms with E-state index >= 15 is 0 Å². The average molecular weight is 288 g/mol. The highest BCUT2D eigenvalue weighted by molar-refractivity contribution is 4.94. The quantitative estimate of drug-likeness (QED) is 0.266. The Bertz CT molecular complexity index is 239. The van der Waals surface area contributed by atoms with Gasteiger partial charge in [0.15, 0.2) is 12.6 Å². The number of methoxy groups -OCH3 is 3. The van der Waals surface area contributed by atoms with Gasteiger partial charge in [-0.3, -0.25) is 0 Å². The second kappa shape index (κ2) is 14.5. The Hall–Kier alpha value is -0.900. The topological polar surface area (TPSA) is 36.9 Å². The van der Waals surface area contributed by atoms with Gasteiger partial charge in [-0.2, -0.15) is 0 Å². The summed E-state index contributed by atoms with van der Waals surface area (Å²) in [5, 5.41) is 0. The van der Waals surface area contributed by atoms with Crippen LogP contribution < -0.4 is 0 Å². The van der Waals surface area contributed by atoms with Crippen LogP contribution in [0.25, 0.3) is 0 Å². The molecular formula is C16H32O4. The first-order valence-electron chi connectivity index (χ1n) is 7.73. The molecule has 120 valence electrons. The molecule has 0 amide bonds. The molecule has 4 nitrogen and oxygen atoms in total. The second-order valence-electron chi connectivity index (χ2n) is 4.89. The molecule has 0 saturated carbocycles. The van der Waals surface area contributed by atoms with Crippen molar-refractivity contribution in [1.82, 2.24) is 0 Å². The predicted octanol–water partition coefficient (Wildman–Crippen LogP) is 4.60. The molecule has 0 aromatic carbocycles. The van der Waals surface area contributed by atoms with E-state index in [1.165, 1.54) is 44.9 Å². The lowest BCUT2D eigenvalue weighted by Crippen LogP contribution is -2.04. The summed E-state index contributed by atoms with van der Waals surface area (Å²) in [4.78, 5) is 0. The molecule has 0 fully saturated rings. The molecule has 0 bridgehead atoms. The molecule has 0 atom stereocenters. The molecule has 0 unspecified atom stereocenters. The zero-order chi connectivity index (χ0) is 15.1. The Morgan fingerprint density at radius 1 is 0.750 bits per heavy atom. The number of hydrogen-bond acceptors (Lipinski definition) is 4. The highest BCUT2D eigenvalue weighted by atomic mass is 16.7. The smallest absolute Gasteiger partial charge is 0.320 e. The van der Waals surface area contributed by atoms with Crippen LogP contribution in [-0.4, -0.2) is 28.1 Å². The third-order valence-corrected chi connectivity index (χ3v) is 3.22. The van der Waals surface area contributed by atoms with Crippen molar-refractivity contribution in [2.75, 3.05) is 28.1 Å². The largest absolute Gasteiger partial charge is 0.494 e. The Labute approximate surface area is 124 Å². The molecule has 20 heavy (non-hydrogen) atoms. The van der Waals surface area contributed by atoms with Crippen LogP contribution in [0.5, 0.6) is 0 Å².